The molecule has 1 aliphatic rings. The van der Waals surface area contributed by atoms with Crippen LogP contribution in [0.15, 0.2) is 48.8 Å². The van der Waals surface area contributed by atoms with E-state index in [0.29, 0.717) is 27.1 Å². The van der Waals surface area contributed by atoms with Crippen molar-refractivity contribution in [2.75, 3.05) is 5.32 Å². The van der Waals surface area contributed by atoms with Crippen molar-refractivity contribution < 1.29 is 9.59 Å². The Bertz CT molecular complexity index is 1090. The maximum atomic E-state index is 12.9. The maximum Gasteiger partial charge on any atom is 0.271 e. The molecule has 0 radical (unpaired) electrons. The third-order valence-electron chi connectivity index (χ3n) is 4.85. The first-order chi connectivity index (χ1) is 15.4. The zero-order valence-corrected chi connectivity index (χ0v) is 21.4. The van der Waals surface area contributed by atoms with Crippen LogP contribution in [-0.2, 0) is 4.79 Å². The average molecular weight is 551 g/mol. The summed E-state index contributed by atoms with van der Waals surface area (Å²) in [7, 11) is 0. The van der Waals surface area contributed by atoms with Gasteiger partial charge in [-0.2, -0.15) is 0 Å². The highest BCUT2D eigenvalue weighted by Gasteiger charge is 2.67. The third kappa shape index (κ3) is 6.19. The number of hydrazine groups is 1. The van der Waals surface area contributed by atoms with Gasteiger partial charge in [-0.3, -0.25) is 20.4 Å². The first-order valence-electron chi connectivity index (χ1n) is 9.86. The van der Waals surface area contributed by atoms with E-state index in [1.54, 1.807) is 24.3 Å². The summed E-state index contributed by atoms with van der Waals surface area (Å²) >= 11 is 31.1. The summed E-state index contributed by atoms with van der Waals surface area (Å²) in [5.41, 5.74) is 6.33. The van der Waals surface area contributed by atoms with E-state index in [4.69, 9.17) is 58.0 Å². The summed E-state index contributed by atoms with van der Waals surface area (Å²) < 4.78 is -1.32. The van der Waals surface area contributed by atoms with Crippen LogP contribution in [0.5, 0.6) is 0 Å². The van der Waals surface area contributed by atoms with Gasteiger partial charge in [-0.25, -0.2) is 0 Å². The highest BCUT2D eigenvalue weighted by molar-refractivity contribution is 6.53. The zero-order valence-electron chi connectivity index (χ0n) is 17.6. The average Bonchev–Trinajstić information content (AvgIpc) is 3.28. The highest BCUT2D eigenvalue weighted by Crippen LogP contribution is 2.65. The van der Waals surface area contributed by atoms with Crippen LogP contribution in [0.1, 0.15) is 35.7 Å². The third-order valence-corrected chi connectivity index (χ3v) is 6.55. The fourth-order valence-electron chi connectivity index (χ4n) is 3.40. The number of hydrogen-bond acceptors (Lipinski definition) is 4. The molecule has 0 bridgehead atoms. The second-order valence-corrected chi connectivity index (χ2v) is 10.6. The van der Waals surface area contributed by atoms with Gasteiger partial charge < -0.3 is 10.6 Å². The van der Waals surface area contributed by atoms with E-state index in [1.165, 1.54) is 12.1 Å². The number of nitrogens with one attached hydrogen (secondary N) is 4. The number of alkyl halides is 2. The van der Waals surface area contributed by atoms with Gasteiger partial charge in [0.25, 0.3) is 5.91 Å². The fourth-order valence-corrected chi connectivity index (χ4v) is 4.98. The minimum atomic E-state index is -1.32. The molecule has 2 aromatic rings. The largest absolute Gasteiger partial charge is 0.369 e. The number of benzene rings is 2. The first-order valence-corrected chi connectivity index (χ1v) is 11.7. The van der Waals surface area contributed by atoms with Gasteiger partial charge in [0, 0.05) is 27.7 Å². The van der Waals surface area contributed by atoms with Crippen LogP contribution in [0.4, 0.5) is 5.69 Å². The lowest BCUT2D eigenvalue weighted by Gasteiger charge is -2.16. The molecular weight excluding hydrogens is 530 g/mol. The van der Waals surface area contributed by atoms with Crippen molar-refractivity contribution in [1.29, 1.82) is 0 Å². The lowest BCUT2D eigenvalue weighted by molar-refractivity contribution is -0.117. The number of carbonyl (C=O) groups is 2. The van der Waals surface area contributed by atoms with E-state index < -0.39 is 28.0 Å². The number of amides is 2. The first kappa shape index (κ1) is 25.8. The Balaban J connectivity index is 1.70. The summed E-state index contributed by atoms with van der Waals surface area (Å²) in [6.45, 7) is 7.61. The van der Waals surface area contributed by atoms with E-state index in [0.717, 1.165) is 0 Å². The second-order valence-electron chi connectivity index (χ2n) is 7.87. The molecule has 4 N–H and O–H groups in total. The molecule has 1 fully saturated rings. The second kappa shape index (κ2) is 10.2. The Kier molecular flexibility index (Phi) is 7.97. The predicted molar refractivity (Wildman–Crippen MR) is 135 cm³/mol. The Hall–Kier alpha value is -1.83. The molecule has 3 rings (SSSR count). The standard InChI is InChI=1S/C22H21Cl5N4O2/c1-10(2)28-11(3)30-31-20(32)16-9-15(4-5-17(16)25)29-21(33)19-18(22(19,26)27)12-6-13(23)8-14(24)7-12/h4-10,18-19,28,30H,3H2,1-2H3,(H,29,33)(H,31,32). The molecule has 1 aliphatic carbocycles. The number of anilines is 1. The molecule has 1 saturated carbocycles. The lowest BCUT2D eigenvalue weighted by atomic mass is 10.1. The Morgan fingerprint density at radius 1 is 1.00 bits per heavy atom. The van der Waals surface area contributed by atoms with Crippen LogP contribution in [-0.4, -0.2) is 22.2 Å². The number of carbonyl (C=O) groups excluding carboxylic acids is 2. The van der Waals surface area contributed by atoms with Crippen LogP contribution >= 0.6 is 58.0 Å². The summed E-state index contributed by atoms with van der Waals surface area (Å²) in [6, 6.07) is 9.58. The van der Waals surface area contributed by atoms with E-state index in [-0.39, 0.29) is 16.6 Å². The Labute approximate surface area is 216 Å². The molecule has 2 aromatic carbocycles. The van der Waals surface area contributed by atoms with Crippen LogP contribution in [0.25, 0.3) is 0 Å². The highest BCUT2D eigenvalue weighted by atomic mass is 35.5. The van der Waals surface area contributed by atoms with Crippen LogP contribution in [0.3, 0.4) is 0 Å². The lowest BCUT2D eigenvalue weighted by Crippen LogP contribution is -2.42. The Morgan fingerprint density at radius 2 is 1.64 bits per heavy atom. The fraction of sp³-hybridized carbons (Fsp3) is 0.273. The van der Waals surface area contributed by atoms with Gasteiger partial charge >= 0.3 is 0 Å². The van der Waals surface area contributed by atoms with Crippen molar-refractivity contribution in [2.24, 2.45) is 5.92 Å². The van der Waals surface area contributed by atoms with Crippen molar-refractivity contribution in [3.05, 3.63) is 75.0 Å². The summed E-state index contributed by atoms with van der Waals surface area (Å²) in [4.78, 5) is 25.5. The van der Waals surface area contributed by atoms with Gasteiger partial charge in [-0.05, 0) is 55.8 Å². The van der Waals surface area contributed by atoms with Crippen molar-refractivity contribution in [3.8, 4) is 0 Å². The molecule has 0 aliphatic heterocycles. The van der Waals surface area contributed by atoms with Crippen molar-refractivity contribution in [1.82, 2.24) is 16.2 Å². The van der Waals surface area contributed by atoms with Crippen molar-refractivity contribution in [3.63, 3.8) is 0 Å². The van der Waals surface area contributed by atoms with E-state index in [2.05, 4.69) is 28.1 Å². The molecule has 0 aromatic heterocycles. The zero-order chi connectivity index (χ0) is 24.5. The number of hydrogen-bond donors (Lipinski definition) is 4. The summed E-state index contributed by atoms with van der Waals surface area (Å²) in [6.07, 6.45) is 0. The summed E-state index contributed by atoms with van der Waals surface area (Å²) in [5, 5.41) is 6.78. The molecule has 2 atom stereocenters. The molecule has 2 amide bonds. The smallest absolute Gasteiger partial charge is 0.271 e. The van der Waals surface area contributed by atoms with Gasteiger partial charge in [0.2, 0.25) is 5.91 Å². The van der Waals surface area contributed by atoms with E-state index in [1.807, 2.05) is 13.8 Å². The molecule has 176 valence electrons. The molecule has 2 unspecified atom stereocenters. The van der Waals surface area contributed by atoms with Gasteiger partial charge in [0.05, 0.1) is 16.5 Å². The van der Waals surface area contributed by atoms with Gasteiger partial charge in [0.1, 0.15) is 10.2 Å². The van der Waals surface area contributed by atoms with Crippen LogP contribution < -0.4 is 21.5 Å². The minimum Gasteiger partial charge on any atom is -0.369 e. The quantitative estimate of drug-likeness (QED) is 0.245. The number of halogens is 5. The molecule has 0 spiro atoms. The Morgan fingerprint density at radius 3 is 2.24 bits per heavy atom. The molecule has 0 saturated heterocycles. The van der Waals surface area contributed by atoms with Crippen molar-refractivity contribution in [2.45, 2.75) is 30.1 Å². The maximum absolute atomic E-state index is 12.9. The normalized spacial score (nSPS) is 18.4. The molecular formula is C22H21Cl5N4O2. The number of rotatable bonds is 8. The molecule has 6 nitrogen and oxygen atoms in total. The molecule has 33 heavy (non-hydrogen) atoms. The monoisotopic (exact) mass is 548 g/mol. The molecule has 0 heterocycles. The van der Waals surface area contributed by atoms with Crippen LogP contribution in [0, 0.1) is 5.92 Å². The van der Waals surface area contributed by atoms with E-state index in [9.17, 15) is 9.59 Å². The molecule has 11 heteroatoms. The van der Waals surface area contributed by atoms with Crippen molar-refractivity contribution >= 4 is 75.5 Å². The minimum absolute atomic E-state index is 0.134. The van der Waals surface area contributed by atoms with E-state index >= 15 is 0 Å². The summed E-state index contributed by atoms with van der Waals surface area (Å²) in [5.74, 6) is -1.74. The predicted octanol–water partition coefficient (Wildman–Crippen LogP) is 5.88. The van der Waals surface area contributed by atoms with Gasteiger partial charge in [-0.1, -0.05) is 41.4 Å². The van der Waals surface area contributed by atoms with Crippen LogP contribution in [0.2, 0.25) is 15.1 Å². The van der Waals surface area contributed by atoms with Gasteiger partial charge in [-0.15, -0.1) is 23.2 Å². The topological polar surface area (TPSA) is 82.3 Å². The SMILES string of the molecule is C=C(NNC(=O)c1cc(NC(=O)C2C(c3cc(Cl)cc(Cl)c3)C2(Cl)Cl)ccc1Cl)NC(C)C. The van der Waals surface area contributed by atoms with Gasteiger partial charge in [0.15, 0.2) is 0 Å².